The molecule has 0 amide bonds. The zero-order valence-electron chi connectivity index (χ0n) is 24.1. The summed E-state index contributed by atoms with van der Waals surface area (Å²) in [5.74, 6) is 0.828. The van der Waals surface area contributed by atoms with E-state index in [0.29, 0.717) is 11.8 Å². The van der Waals surface area contributed by atoms with Gasteiger partial charge in [0, 0.05) is 10.8 Å². The summed E-state index contributed by atoms with van der Waals surface area (Å²) in [6.07, 6.45) is 2.00. The average Bonchev–Trinajstić information content (AvgIpc) is 2.75. The lowest BCUT2D eigenvalue weighted by Gasteiger charge is -2.67. The van der Waals surface area contributed by atoms with E-state index in [9.17, 15) is 0 Å². The molecule has 0 unspecified atom stereocenters. The molecule has 186 valence electrons. The van der Waals surface area contributed by atoms with E-state index in [1.165, 1.54) is 61.3 Å². The Hall–Kier alpha value is -2.34. The fourth-order valence-corrected chi connectivity index (χ4v) is 8.78. The summed E-state index contributed by atoms with van der Waals surface area (Å²) in [6, 6.07) is 4.63. The summed E-state index contributed by atoms with van der Waals surface area (Å²) < 4.78 is 0. The molecule has 0 heteroatoms. The number of rotatable bonds is 3. The fourth-order valence-electron chi connectivity index (χ4n) is 8.78. The van der Waals surface area contributed by atoms with E-state index in [-0.39, 0.29) is 16.2 Å². The van der Waals surface area contributed by atoms with Crippen LogP contribution >= 0.6 is 0 Å². The van der Waals surface area contributed by atoms with Crippen molar-refractivity contribution >= 4 is 5.57 Å². The highest BCUT2D eigenvalue weighted by Crippen LogP contribution is 2.74. The minimum Gasteiger partial charge on any atom is -0.0998 e. The lowest BCUT2D eigenvalue weighted by Crippen LogP contribution is -2.58. The van der Waals surface area contributed by atoms with Gasteiger partial charge in [0.05, 0.1) is 0 Å². The maximum atomic E-state index is 4.83. The first-order valence-corrected chi connectivity index (χ1v) is 13.3. The largest absolute Gasteiger partial charge is 0.0998 e. The molecule has 0 nitrogen and oxygen atoms in total. The molecule has 0 aliphatic heterocycles. The highest BCUT2D eigenvalue weighted by molar-refractivity contribution is 5.88. The van der Waals surface area contributed by atoms with Crippen molar-refractivity contribution in [2.24, 2.45) is 22.2 Å². The predicted molar refractivity (Wildman–Crippen MR) is 155 cm³/mol. The molecule has 0 saturated heterocycles. The Morgan fingerprint density at radius 1 is 1.00 bits per heavy atom. The molecule has 0 saturated carbocycles. The number of hydrogen-bond donors (Lipinski definition) is 0. The number of fused-ring (bicyclic) bond motifs is 3. The molecule has 0 spiro atoms. The minimum absolute atomic E-state index is 0.0126. The second kappa shape index (κ2) is 7.83. The van der Waals surface area contributed by atoms with E-state index in [1.807, 2.05) is 0 Å². The second-order valence-corrected chi connectivity index (χ2v) is 12.8. The summed E-state index contributed by atoms with van der Waals surface area (Å²) in [6.45, 7) is 41.9. The van der Waals surface area contributed by atoms with Gasteiger partial charge in [-0.1, -0.05) is 95.4 Å². The van der Waals surface area contributed by atoms with Gasteiger partial charge in [0.25, 0.3) is 0 Å². The van der Waals surface area contributed by atoms with Gasteiger partial charge in [-0.25, -0.2) is 0 Å². The second-order valence-electron chi connectivity index (χ2n) is 12.8. The number of aryl methyl sites for hydroxylation is 1. The first-order valence-electron chi connectivity index (χ1n) is 13.3. The van der Waals surface area contributed by atoms with Crippen LogP contribution < -0.4 is 0 Å². The zero-order chi connectivity index (χ0) is 26.4. The van der Waals surface area contributed by atoms with Crippen molar-refractivity contribution in [2.45, 2.75) is 88.0 Å². The fraction of sp³-hybridized carbons (Fsp3) is 0.486. The highest BCUT2D eigenvalue weighted by Gasteiger charge is 2.65. The molecule has 3 aliphatic rings. The Bertz CT molecular complexity index is 1270. The lowest BCUT2D eigenvalue weighted by atomic mass is 9.36. The normalized spacial score (nSPS) is 34.5. The van der Waals surface area contributed by atoms with E-state index in [2.05, 4.69) is 94.5 Å². The van der Waals surface area contributed by atoms with Gasteiger partial charge in [0.1, 0.15) is 0 Å². The summed E-state index contributed by atoms with van der Waals surface area (Å²) in [4.78, 5) is 0. The molecule has 3 aliphatic carbocycles. The quantitative estimate of drug-likeness (QED) is 0.389. The molecule has 5 atom stereocenters. The molecular weight excluding hydrogens is 420 g/mol. The molecule has 0 N–H and O–H groups in total. The smallest absolute Gasteiger partial charge is 0.0196 e. The summed E-state index contributed by atoms with van der Waals surface area (Å²) >= 11 is 0. The Morgan fingerprint density at radius 3 is 2.14 bits per heavy atom. The van der Waals surface area contributed by atoms with Crippen LogP contribution in [0.25, 0.3) is 5.57 Å². The van der Waals surface area contributed by atoms with E-state index >= 15 is 0 Å². The maximum Gasteiger partial charge on any atom is 0.0196 e. The first-order chi connectivity index (χ1) is 16.1. The van der Waals surface area contributed by atoms with Crippen molar-refractivity contribution in [3.8, 4) is 0 Å². The molecule has 0 heterocycles. The van der Waals surface area contributed by atoms with Crippen LogP contribution in [0.1, 0.15) is 96.9 Å². The maximum absolute atomic E-state index is 4.83. The minimum atomic E-state index is -0.140. The third-order valence-corrected chi connectivity index (χ3v) is 11.0. The van der Waals surface area contributed by atoms with Crippen molar-refractivity contribution in [1.82, 2.24) is 0 Å². The van der Waals surface area contributed by atoms with Crippen molar-refractivity contribution < 1.29 is 0 Å². The molecule has 0 aromatic heterocycles. The summed E-state index contributed by atoms with van der Waals surface area (Å²) in [7, 11) is 0. The molecule has 4 rings (SSSR count). The van der Waals surface area contributed by atoms with E-state index in [4.69, 9.17) is 13.2 Å². The third-order valence-electron chi connectivity index (χ3n) is 11.0. The van der Waals surface area contributed by atoms with Crippen LogP contribution in [-0.4, -0.2) is 0 Å². The van der Waals surface area contributed by atoms with Crippen LogP contribution in [0.2, 0.25) is 0 Å². The summed E-state index contributed by atoms with van der Waals surface area (Å²) in [5, 5.41) is 0. The van der Waals surface area contributed by atoms with Crippen molar-refractivity contribution in [1.29, 1.82) is 0 Å². The van der Waals surface area contributed by atoms with Gasteiger partial charge in [-0.05, 0) is 109 Å². The topological polar surface area (TPSA) is 0 Å². The SMILES string of the molecule is C=C(C)Cc1ccc(C)c2c1[C@@H](C)[C@@]1(C)C(=C(C)[C@@]3(C)C(=C)C(C(=C)C)=C(C)C[C@@]3(C)[C@@H]1C)C2=C. The zero-order valence-corrected chi connectivity index (χ0v) is 24.1. The number of hydrogen-bond acceptors (Lipinski definition) is 0. The predicted octanol–water partition coefficient (Wildman–Crippen LogP) is 10.1. The average molecular weight is 467 g/mol. The van der Waals surface area contributed by atoms with Crippen molar-refractivity contribution in [3.63, 3.8) is 0 Å². The standard InChI is InChI=1S/C35H46/c1-19(2)17-28-16-15-21(5)30-23(7)32-26(10)35(14)25(9)29(20(3)4)22(6)18-33(35,12)27(11)34(32,13)24(8)31(28)30/h15-16,24,27H,1,3,7,9,17-18H2,2,4-6,8,10-14H3/t24-,27+,33+,34-,35-/m1/s1. The Kier molecular flexibility index (Phi) is 5.76. The number of benzene rings is 1. The molecular formula is C35H46. The highest BCUT2D eigenvalue weighted by atomic mass is 14.7. The van der Waals surface area contributed by atoms with Gasteiger partial charge >= 0.3 is 0 Å². The van der Waals surface area contributed by atoms with Crippen LogP contribution in [0, 0.1) is 29.1 Å². The lowest BCUT2D eigenvalue weighted by molar-refractivity contribution is -0.0261. The van der Waals surface area contributed by atoms with Gasteiger partial charge in [-0.2, -0.15) is 0 Å². The Balaban J connectivity index is 2.10. The number of allylic oxidation sites excluding steroid dienone is 8. The molecule has 1 aromatic rings. The van der Waals surface area contributed by atoms with Crippen LogP contribution in [0.3, 0.4) is 0 Å². The van der Waals surface area contributed by atoms with Crippen molar-refractivity contribution in [2.75, 3.05) is 0 Å². The van der Waals surface area contributed by atoms with Gasteiger partial charge in [0.2, 0.25) is 0 Å². The molecule has 35 heavy (non-hydrogen) atoms. The van der Waals surface area contributed by atoms with Gasteiger partial charge in [-0.3, -0.25) is 0 Å². The summed E-state index contributed by atoms with van der Waals surface area (Å²) in [5.41, 5.74) is 16.0. The van der Waals surface area contributed by atoms with E-state index < -0.39 is 0 Å². The Morgan fingerprint density at radius 2 is 1.60 bits per heavy atom. The molecule has 0 bridgehead atoms. The Labute approximate surface area is 215 Å². The van der Waals surface area contributed by atoms with E-state index in [1.54, 1.807) is 0 Å². The first kappa shape index (κ1) is 25.7. The van der Waals surface area contributed by atoms with Gasteiger partial charge in [-0.15, -0.1) is 0 Å². The van der Waals surface area contributed by atoms with Crippen LogP contribution in [0.5, 0.6) is 0 Å². The van der Waals surface area contributed by atoms with Crippen LogP contribution in [0.15, 0.2) is 77.5 Å². The van der Waals surface area contributed by atoms with Gasteiger partial charge < -0.3 is 0 Å². The van der Waals surface area contributed by atoms with Crippen LogP contribution in [-0.2, 0) is 6.42 Å². The van der Waals surface area contributed by atoms with E-state index in [0.717, 1.165) is 18.4 Å². The molecule has 1 aromatic carbocycles. The third kappa shape index (κ3) is 2.98. The monoisotopic (exact) mass is 466 g/mol. The van der Waals surface area contributed by atoms with Crippen molar-refractivity contribution in [3.05, 3.63) is 99.7 Å². The van der Waals surface area contributed by atoms with Crippen LogP contribution in [0.4, 0.5) is 0 Å². The molecule has 0 fully saturated rings. The van der Waals surface area contributed by atoms with Gasteiger partial charge in [0.15, 0.2) is 0 Å². The molecule has 0 radical (unpaired) electrons.